The molecule has 0 saturated heterocycles. The molecule has 82 valence electrons. The molecule has 0 aromatic carbocycles. The van der Waals surface area contributed by atoms with E-state index in [1.807, 2.05) is 6.92 Å². The third-order valence-electron chi connectivity index (χ3n) is 2.71. The lowest BCUT2D eigenvalue weighted by Gasteiger charge is -2.35. The lowest BCUT2D eigenvalue weighted by molar-refractivity contribution is -0.124. The molecule has 0 bridgehead atoms. The maximum atomic E-state index is 11.5. The van der Waals surface area contributed by atoms with E-state index in [1.165, 1.54) is 0 Å². The van der Waals surface area contributed by atoms with E-state index < -0.39 is 0 Å². The summed E-state index contributed by atoms with van der Waals surface area (Å²) in [5, 5.41) is 2.92. The molecule has 4 heteroatoms. The van der Waals surface area contributed by atoms with E-state index in [9.17, 15) is 4.79 Å². The van der Waals surface area contributed by atoms with Crippen molar-refractivity contribution in [2.45, 2.75) is 50.8 Å². The Balaban J connectivity index is 2.15. The monoisotopic (exact) mass is 200 g/mol. The highest BCUT2D eigenvalue weighted by molar-refractivity contribution is 5.81. The molecule has 0 spiro atoms. The molecule has 0 aromatic rings. The molecular weight excluding hydrogens is 180 g/mol. The average Bonchev–Trinajstić information content (AvgIpc) is 2.10. The van der Waals surface area contributed by atoms with Gasteiger partial charge in [-0.2, -0.15) is 0 Å². The van der Waals surface area contributed by atoms with Crippen molar-refractivity contribution in [1.82, 2.24) is 5.32 Å². The number of rotatable bonds is 5. The number of nitrogens with two attached hydrogens (primary N) is 1. The lowest BCUT2D eigenvalue weighted by atomic mass is 9.89. The Morgan fingerprint density at radius 3 is 2.79 bits per heavy atom. The lowest BCUT2D eigenvalue weighted by Crippen LogP contribution is -2.52. The van der Waals surface area contributed by atoms with Gasteiger partial charge in [0.15, 0.2) is 0 Å². The van der Waals surface area contributed by atoms with Crippen LogP contribution in [-0.2, 0) is 9.53 Å². The van der Waals surface area contributed by atoms with Gasteiger partial charge in [-0.15, -0.1) is 0 Å². The van der Waals surface area contributed by atoms with Gasteiger partial charge in [-0.1, -0.05) is 13.3 Å². The number of carbonyl (C=O) groups excluding carboxylic acids is 1. The first kappa shape index (κ1) is 11.5. The molecule has 0 heterocycles. The first-order valence-electron chi connectivity index (χ1n) is 5.26. The van der Waals surface area contributed by atoms with Gasteiger partial charge in [0.25, 0.3) is 0 Å². The molecule has 1 aliphatic carbocycles. The van der Waals surface area contributed by atoms with Gasteiger partial charge in [0.05, 0.1) is 12.1 Å². The molecule has 0 aromatic heterocycles. The highest BCUT2D eigenvalue weighted by atomic mass is 16.5. The summed E-state index contributed by atoms with van der Waals surface area (Å²) in [5.41, 5.74) is 5.68. The predicted octanol–water partition coefficient (Wildman–Crippen LogP) is 0.407. The molecule has 3 N–H and O–H groups in total. The molecule has 1 rings (SSSR count). The Hall–Kier alpha value is -0.610. The molecule has 1 aliphatic rings. The van der Waals surface area contributed by atoms with Crippen LogP contribution in [0.4, 0.5) is 0 Å². The van der Waals surface area contributed by atoms with Crippen LogP contribution in [0, 0.1) is 0 Å². The second-order valence-electron chi connectivity index (χ2n) is 3.93. The first-order chi connectivity index (χ1) is 6.67. The van der Waals surface area contributed by atoms with E-state index in [0.717, 1.165) is 25.7 Å². The van der Waals surface area contributed by atoms with Crippen LogP contribution in [0.3, 0.4) is 0 Å². The fourth-order valence-electron chi connectivity index (χ4n) is 1.63. The van der Waals surface area contributed by atoms with E-state index in [4.69, 9.17) is 10.5 Å². The minimum Gasteiger partial charge on any atom is -0.381 e. The van der Waals surface area contributed by atoms with Crippen molar-refractivity contribution in [3.63, 3.8) is 0 Å². The summed E-state index contributed by atoms with van der Waals surface area (Å²) in [6.07, 6.45) is 3.86. The number of amides is 1. The maximum absolute atomic E-state index is 11.5. The number of ether oxygens (including phenoxy) is 1. The van der Waals surface area contributed by atoms with E-state index in [2.05, 4.69) is 5.32 Å². The van der Waals surface area contributed by atoms with Gasteiger partial charge >= 0.3 is 0 Å². The minimum absolute atomic E-state index is 0.0218. The summed E-state index contributed by atoms with van der Waals surface area (Å²) in [4.78, 5) is 11.5. The van der Waals surface area contributed by atoms with Gasteiger partial charge in [-0.05, 0) is 19.3 Å². The Labute approximate surface area is 85.2 Å². The molecule has 1 unspecified atom stereocenters. The zero-order valence-electron chi connectivity index (χ0n) is 8.95. The molecule has 1 atom stereocenters. The van der Waals surface area contributed by atoms with Crippen LogP contribution in [-0.4, -0.2) is 31.2 Å². The topological polar surface area (TPSA) is 64.4 Å². The molecule has 1 fully saturated rings. The fraction of sp³-hybridized carbons (Fsp3) is 0.900. The second kappa shape index (κ2) is 5.32. The molecule has 1 amide bonds. The van der Waals surface area contributed by atoms with Gasteiger partial charge in [-0.3, -0.25) is 4.79 Å². The normalized spacial score (nSPS) is 27.9. The number of hydrogen-bond acceptors (Lipinski definition) is 3. The summed E-state index contributed by atoms with van der Waals surface area (Å²) in [5.74, 6) is -0.0218. The summed E-state index contributed by atoms with van der Waals surface area (Å²) >= 11 is 0. The van der Waals surface area contributed by atoms with Gasteiger partial charge in [0.1, 0.15) is 0 Å². The molecule has 4 nitrogen and oxygen atoms in total. The molecule has 1 saturated carbocycles. The molecule has 0 radical (unpaired) electrons. The van der Waals surface area contributed by atoms with Gasteiger partial charge in [0.2, 0.25) is 5.91 Å². The Morgan fingerprint density at radius 1 is 1.64 bits per heavy atom. The predicted molar refractivity (Wildman–Crippen MR) is 54.8 cm³/mol. The Morgan fingerprint density at radius 2 is 2.29 bits per heavy atom. The number of methoxy groups -OCH3 is 1. The number of carbonyl (C=O) groups is 1. The van der Waals surface area contributed by atoms with Crippen molar-refractivity contribution in [1.29, 1.82) is 0 Å². The number of nitrogens with one attached hydrogen (secondary N) is 1. The van der Waals surface area contributed by atoms with Crippen molar-refractivity contribution in [2.24, 2.45) is 5.73 Å². The second-order valence-corrected chi connectivity index (χ2v) is 3.93. The quantitative estimate of drug-likeness (QED) is 0.675. The average molecular weight is 200 g/mol. The summed E-state index contributed by atoms with van der Waals surface area (Å²) in [7, 11) is 1.70. The van der Waals surface area contributed by atoms with Crippen molar-refractivity contribution in [3.8, 4) is 0 Å². The zero-order chi connectivity index (χ0) is 10.6. The van der Waals surface area contributed by atoms with Crippen molar-refractivity contribution < 1.29 is 9.53 Å². The van der Waals surface area contributed by atoms with E-state index in [1.54, 1.807) is 7.11 Å². The van der Waals surface area contributed by atoms with Crippen LogP contribution in [0.1, 0.15) is 32.6 Å². The third-order valence-corrected chi connectivity index (χ3v) is 2.71. The summed E-state index contributed by atoms with van der Waals surface area (Å²) in [6.45, 7) is 2.03. The first-order valence-corrected chi connectivity index (χ1v) is 5.26. The highest BCUT2D eigenvalue weighted by Gasteiger charge is 2.30. The van der Waals surface area contributed by atoms with Crippen LogP contribution in [0.2, 0.25) is 0 Å². The van der Waals surface area contributed by atoms with Crippen molar-refractivity contribution in [2.75, 3.05) is 7.11 Å². The highest BCUT2D eigenvalue weighted by Crippen LogP contribution is 2.22. The largest absolute Gasteiger partial charge is 0.381 e. The fourth-order valence-corrected chi connectivity index (χ4v) is 1.63. The van der Waals surface area contributed by atoms with E-state index in [-0.39, 0.29) is 18.0 Å². The molecule has 0 aliphatic heterocycles. The van der Waals surface area contributed by atoms with Crippen LogP contribution in [0.25, 0.3) is 0 Å². The van der Waals surface area contributed by atoms with Gasteiger partial charge < -0.3 is 15.8 Å². The van der Waals surface area contributed by atoms with Crippen LogP contribution in [0.5, 0.6) is 0 Å². The standard InChI is InChI=1S/C10H20N2O2/c1-3-4-9(11)10(13)12-7-5-8(6-7)14-2/h7-9H,3-6,11H2,1-2H3,(H,12,13). The zero-order valence-corrected chi connectivity index (χ0v) is 8.95. The minimum atomic E-state index is -0.346. The smallest absolute Gasteiger partial charge is 0.237 e. The Kier molecular flexibility index (Phi) is 4.35. The van der Waals surface area contributed by atoms with Crippen molar-refractivity contribution in [3.05, 3.63) is 0 Å². The maximum Gasteiger partial charge on any atom is 0.237 e. The van der Waals surface area contributed by atoms with Gasteiger partial charge in [0, 0.05) is 13.2 Å². The number of hydrogen-bond donors (Lipinski definition) is 2. The van der Waals surface area contributed by atoms with E-state index >= 15 is 0 Å². The van der Waals surface area contributed by atoms with E-state index in [0.29, 0.717) is 6.10 Å². The Bertz CT molecular complexity index is 191. The summed E-state index contributed by atoms with van der Waals surface area (Å²) in [6, 6.07) is -0.0723. The third kappa shape index (κ3) is 2.96. The van der Waals surface area contributed by atoms with Crippen LogP contribution >= 0.6 is 0 Å². The SMILES string of the molecule is CCCC(N)C(=O)NC1CC(OC)C1. The molecular formula is C10H20N2O2. The molecule has 14 heavy (non-hydrogen) atoms. The van der Waals surface area contributed by atoms with Gasteiger partial charge in [-0.25, -0.2) is 0 Å². The summed E-state index contributed by atoms with van der Waals surface area (Å²) < 4.78 is 5.12. The van der Waals surface area contributed by atoms with Crippen LogP contribution in [0.15, 0.2) is 0 Å². The van der Waals surface area contributed by atoms with Crippen LogP contribution < -0.4 is 11.1 Å². The van der Waals surface area contributed by atoms with Crippen molar-refractivity contribution >= 4 is 5.91 Å².